The summed E-state index contributed by atoms with van der Waals surface area (Å²) in [4.78, 5) is 22.7. The molecule has 0 aliphatic carbocycles. The van der Waals surface area contributed by atoms with Gasteiger partial charge in [0.25, 0.3) is 0 Å². The topological polar surface area (TPSA) is 81.4 Å². The van der Waals surface area contributed by atoms with Crippen LogP contribution in [0.15, 0.2) is 53.3 Å². The van der Waals surface area contributed by atoms with Gasteiger partial charge in [0.1, 0.15) is 11.8 Å². The number of pyridine rings is 1. The SMILES string of the molecule is COc1cccc(CN2C(=O)CCC2c2nc(-c3cccnc3)no2)c1. The van der Waals surface area contributed by atoms with E-state index >= 15 is 0 Å². The molecule has 0 N–H and O–H groups in total. The van der Waals surface area contributed by atoms with Crippen LogP contribution < -0.4 is 4.74 Å². The highest BCUT2D eigenvalue weighted by atomic mass is 16.5. The molecule has 1 atom stereocenters. The molecule has 0 bridgehead atoms. The van der Waals surface area contributed by atoms with Gasteiger partial charge in [0.05, 0.1) is 7.11 Å². The zero-order chi connectivity index (χ0) is 17.9. The molecule has 132 valence electrons. The Bertz CT molecular complexity index is 910. The molecular formula is C19H18N4O3. The molecule has 1 fully saturated rings. The molecule has 1 aliphatic heterocycles. The number of hydrogen-bond acceptors (Lipinski definition) is 6. The van der Waals surface area contributed by atoms with Crippen LogP contribution in [0.25, 0.3) is 11.4 Å². The number of hydrogen-bond donors (Lipinski definition) is 0. The van der Waals surface area contributed by atoms with Crippen molar-refractivity contribution in [3.63, 3.8) is 0 Å². The number of nitrogens with zero attached hydrogens (tertiary/aromatic N) is 4. The molecule has 3 heterocycles. The van der Waals surface area contributed by atoms with Crippen molar-refractivity contribution in [2.75, 3.05) is 7.11 Å². The van der Waals surface area contributed by atoms with Gasteiger partial charge in [-0.05, 0) is 36.2 Å². The van der Waals surface area contributed by atoms with Gasteiger partial charge in [-0.15, -0.1) is 0 Å². The molecule has 7 nitrogen and oxygen atoms in total. The minimum absolute atomic E-state index is 0.0824. The molecule has 1 unspecified atom stereocenters. The zero-order valence-electron chi connectivity index (χ0n) is 14.3. The van der Waals surface area contributed by atoms with E-state index in [9.17, 15) is 4.79 Å². The summed E-state index contributed by atoms with van der Waals surface area (Å²) in [5.74, 6) is 1.78. The highest BCUT2D eigenvalue weighted by Gasteiger charge is 2.36. The van der Waals surface area contributed by atoms with Crippen molar-refractivity contribution in [1.29, 1.82) is 0 Å². The smallest absolute Gasteiger partial charge is 0.249 e. The van der Waals surface area contributed by atoms with Crippen LogP contribution in [0.2, 0.25) is 0 Å². The van der Waals surface area contributed by atoms with Gasteiger partial charge in [0, 0.05) is 30.9 Å². The van der Waals surface area contributed by atoms with Gasteiger partial charge in [-0.3, -0.25) is 9.78 Å². The summed E-state index contributed by atoms with van der Waals surface area (Å²) in [5, 5.41) is 4.04. The number of likely N-dealkylation sites (tertiary alicyclic amines) is 1. The van der Waals surface area contributed by atoms with E-state index in [0.29, 0.717) is 31.1 Å². The van der Waals surface area contributed by atoms with Gasteiger partial charge in [0.2, 0.25) is 17.6 Å². The number of aromatic nitrogens is 3. The molecule has 7 heteroatoms. The second-order valence-corrected chi connectivity index (χ2v) is 6.13. The second-order valence-electron chi connectivity index (χ2n) is 6.13. The molecule has 1 aromatic carbocycles. The number of carbonyl (C=O) groups is 1. The first-order valence-corrected chi connectivity index (χ1v) is 8.41. The van der Waals surface area contributed by atoms with Gasteiger partial charge in [-0.2, -0.15) is 4.98 Å². The lowest BCUT2D eigenvalue weighted by molar-refractivity contribution is -0.130. The van der Waals surface area contributed by atoms with Gasteiger partial charge >= 0.3 is 0 Å². The van der Waals surface area contributed by atoms with Crippen LogP contribution in [0.3, 0.4) is 0 Å². The van der Waals surface area contributed by atoms with E-state index in [1.54, 1.807) is 24.4 Å². The molecule has 0 saturated carbocycles. The highest BCUT2D eigenvalue weighted by Crippen LogP contribution is 2.34. The first-order valence-electron chi connectivity index (χ1n) is 8.41. The third-order valence-corrected chi connectivity index (χ3v) is 4.46. The Hall–Kier alpha value is -3.22. The van der Waals surface area contributed by atoms with Crippen molar-refractivity contribution in [2.45, 2.75) is 25.4 Å². The molecular weight excluding hydrogens is 332 g/mol. The monoisotopic (exact) mass is 350 g/mol. The summed E-state index contributed by atoms with van der Waals surface area (Å²) in [6, 6.07) is 11.2. The summed E-state index contributed by atoms with van der Waals surface area (Å²) in [6.45, 7) is 0.477. The summed E-state index contributed by atoms with van der Waals surface area (Å²) in [6.07, 6.45) is 4.51. The van der Waals surface area contributed by atoms with Crippen LogP contribution in [0.1, 0.15) is 30.3 Å². The Labute approximate surface area is 150 Å². The molecule has 3 aromatic rings. The van der Waals surface area contributed by atoms with E-state index in [1.165, 1.54) is 0 Å². The van der Waals surface area contributed by atoms with Crippen LogP contribution in [0, 0.1) is 0 Å². The molecule has 26 heavy (non-hydrogen) atoms. The molecule has 1 saturated heterocycles. The van der Waals surface area contributed by atoms with Crippen LogP contribution in [-0.4, -0.2) is 33.0 Å². The fourth-order valence-electron chi connectivity index (χ4n) is 3.14. The lowest BCUT2D eigenvalue weighted by atomic mass is 10.1. The van der Waals surface area contributed by atoms with E-state index in [1.807, 2.05) is 36.4 Å². The number of carbonyl (C=O) groups excluding carboxylic acids is 1. The summed E-state index contributed by atoms with van der Waals surface area (Å²) >= 11 is 0. The third-order valence-electron chi connectivity index (χ3n) is 4.46. The molecule has 1 aliphatic rings. The molecule has 2 aromatic heterocycles. The normalized spacial score (nSPS) is 16.9. The predicted molar refractivity (Wildman–Crippen MR) is 93.0 cm³/mol. The van der Waals surface area contributed by atoms with Crippen molar-refractivity contribution in [1.82, 2.24) is 20.0 Å². The highest BCUT2D eigenvalue weighted by molar-refractivity contribution is 5.78. The van der Waals surface area contributed by atoms with Crippen LogP contribution in [0.4, 0.5) is 0 Å². The minimum Gasteiger partial charge on any atom is -0.497 e. The predicted octanol–water partition coefficient (Wildman–Crippen LogP) is 3.00. The number of benzene rings is 1. The van der Waals surface area contributed by atoms with Crippen LogP contribution in [-0.2, 0) is 11.3 Å². The number of rotatable bonds is 5. The van der Waals surface area contributed by atoms with Crippen molar-refractivity contribution in [3.05, 3.63) is 60.2 Å². The first-order chi connectivity index (χ1) is 12.7. The Morgan fingerprint density at radius 1 is 1.31 bits per heavy atom. The second kappa shape index (κ2) is 6.95. The van der Waals surface area contributed by atoms with Gasteiger partial charge in [-0.25, -0.2) is 0 Å². The minimum atomic E-state index is -0.216. The summed E-state index contributed by atoms with van der Waals surface area (Å²) in [5.41, 5.74) is 1.78. The average molecular weight is 350 g/mol. The maximum atomic E-state index is 12.4. The maximum Gasteiger partial charge on any atom is 0.249 e. The molecule has 0 spiro atoms. The Morgan fingerprint density at radius 2 is 2.23 bits per heavy atom. The van der Waals surface area contributed by atoms with Gasteiger partial charge in [-0.1, -0.05) is 17.3 Å². The van der Waals surface area contributed by atoms with Crippen molar-refractivity contribution >= 4 is 5.91 Å². The Morgan fingerprint density at radius 3 is 3.04 bits per heavy atom. The summed E-state index contributed by atoms with van der Waals surface area (Å²) < 4.78 is 10.7. The van der Waals surface area contributed by atoms with E-state index in [-0.39, 0.29) is 11.9 Å². The zero-order valence-corrected chi connectivity index (χ0v) is 14.3. The van der Waals surface area contributed by atoms with E-state index in [0.717, 1.165) is 16.9 Å². The lowest BCUT2D eigenvalue weighted by Gasteiger charge is -2.22. The Balaban J connectivity index is 1.57. The van der Waals surface area contributed by atoms with Crippen LogP contribution in [0.5, 0.6) is 5.75 Å². The number of amides is 1. The largest absolute Gasteiger partial charge is 0.497 e. The van der Waals surface area contributed by atoms with Crippen molar-refractivity contribution in [2.24, 2.45) is 0 Å². The molecule has 1 amide bonds. The van der Waals surface area contributed by atoms with Gasteiger partial charge < -0.3 is 14.2 Å². The standard InChI is InChI=1S/C19H18N4O3/c1-25-15-6-2-4-13(10-15)12-23-16(7-8-17(23)24)19-21-18(22-26-19)14-5-3-9-20-11-14/h2-6,9-11,16H,7-8,12H2,1H3. The third kappa shape index (κ3) is 3.15. The van der Waals surface area contributed by atoms with Gasteiger partial charge in [0.15, 0.2) is 0 Å². The Kier molecular flexibility index (Phi) is 4.35. The van der Waals surface area contributed by atoms with E-state index < -0.39 is 0 Å². The fraction of sp³-hybridized carbons (Fsp3) is 0.263. The summed E-state index contributed by atoms with van der Waals surface area (Å²) in [7, 11) is 1.63. The van der Waals surface area contributed by atoms with Crippen molar-refractivity contribution in [3.8, 4) is 17.1 Å². The van der Waals surface area contributed by atoms with Crippen molar-refractivity contribution < 1.29 is 14.1 Å². The van der Waals surface area contributed by atoms with E-state index in [4.69, 9.17) is 9.26 Å². The lowest BCUT2D eigenvalue weighted by Crippen LogP contribution is -2.27. The maximum absolute atomic E-state index is 12.4. The van der Waals surface area contributed by atoms with Crippen LogP contribution >= 0.6 is 0 Å². The first kappa shape index (κ1) is 16.3. The fourth-order valence-corrected chi connectivity index (χ4v) is 3.14. The van der Waals surface area contributed by atoms with E-state index in [2.05, 4.69) is 15.1 Å². The number of methoxy groups -OCH3 is 1. The quantitative estimate of drug-likeness (QED) is 0.703. The molecule has 0 radical (unpaired) electrons. The average Bonchev–Trinajstić information content (AvgIpc) is 3.30. The number of ether oxygens (including phenoxy) is 1. The molecule has 4 rings (SSSR count).